The van der Waals surface area contributed by atoms with E-state index in [4.69, 9.17) is 4.74 Å². The number of halogens is 2. The van der Waals surface area contributed by atoms with Crippen LogP contribution in [0.1, 0.15) is 0 Å². The normalized spacial score (nSPS) is 11.3. The molecule has 7 N–H and O–H groups in total. The van der Waals surface area contributed by atoms with Gasteiger partial charge in [0.15, 0.2) is 6.73 Å². The van der Waals surface area contributed by atoms with Crippen LogP contribution < -0.4 is 41.2 Å². The average Bonchev–Trinajstić information content (AvgIpc) is 3.10. The predicted octanol–water partition coefficient (Wildman–Crippen LogP) is 4.67. The van der Waals surface area contributed by atoms with Crippen LogP contribution in [0.15, 0.2) is 119 Å². The van der Waals surface area contributed by atoms with Gasteiger partial charge in [-0.05, 0) is 72.8 Å². The number of anilines is 5. The Morgan fingerprint density at radius 1 is 0.700 bits per heavy atom. The van der Waals surface area contributed by atoms with Crippen LogP contribution in [0.2, 0.25) is 0 Å². The topological polar surface area (TPSA) is 196 Å². The van der Waals surface area contributed by atoms with Crippen molar-refractivity contribution in [2.24, 2.45) is 0 Å². The highest BCUT2D eigenvalue weighted by Gasteiger charge is 2.20. The van der Waals surface area contributed by atoms with E-state index in [1.54, 1.807) is 48.5 Å². The molecule has 0 aromatic heterocycles. The molecule has 18 heteroatoms. The molecule has 14 nitrogen and oxygen atoms in total. The number of hydrazine groups is 2. The van der Waals surface area contributed by atoms with Gasteiger partial charge in [0.25, 0.3) is 20.0 Å². The van der Waals surface area contributed by atoms with Crippen molar-refractivity contribution in [3.05, 3.63) is 109 Å². The summed E-state index contributed by atoms with van der Waals surface area (Å²) in [6.45, 7) is -0.0906. The molecule has 2 amide bonds. The lowest BCUT2D eigenvalue weighted by molar-refractivity contribution is -0.131. The quantitative estimate of drug-likeness (QED) is 0.0427. The van der Waals surface area contributed by atoms with Crippen LogP contribution in [0.3, 0.4) is 0 Å². The molecule has 50 heavy (non-hydrogen) atoms. The van der Waals surface area contributed by atoms with E-state index < -0.39 is 32.4 Å². The van der Waals surface area contributed by atoms with Crippen LogP contribution in [0, 0.1) is 0 Å². The summed E-state index contributed by atoms with van der Waals surface area (Å²) in [5.74, 6) is -1.26. The van der Waals surface area contributed by atoms with Gasteiger partial charge in [0.1, 0.15) is 5.75 Å². The van der Waals surface area contributed by atoms with Crippen molar-refractivity contribution in [3.8, 4) is 5.75 Å². The van der Waals surface area contributed by atoms with E-state index in [9.17, 15) is 35.2 Å². The summed E-state index contributed by atoms with van der Waals surface area (Å²) in [5, 5.41) is 4.07. The van der Waals surface area contributed by atoms with E-state index in [0.29, 0.717) is 34.2 Å². The van der Waals surface area contributed by atoms with Crippen LogP contribution in [-0.4, -0.2) is 42.3 Å². The molecule has 0 saturated carbocycles. The summed E-state index contributed by atoms with van der Waals surface area (Å²) < 4.78 is 88.3. The van der Waals surface area contributed by atoms with Crippen LogP contribution in [-0.2, 0) is 29.6 Å². The van der Waals surface area contributed by atoms with E-state index in [-0.39, 0.29) is 33.6 Å². The Morgan fingerprint density at radius 2 is 1.30 bits per heavy atom. The van der Waals surface area contributed by atoms with Crippen LogP contribution in [0.25, 0.3) is 10.8 Å². The second-order valence-corrected chi connectivity index (χ2v) is 13.6. The number of carbonyl (C=O) groups is 2. The lowest BCUT2D eigenvalue weighted by Gasteiger charge is -2.16. The minimum atomic E-state index is -4.10. The Kier molecular flexibility index (Phi) is 10.8. The molecule has 0 fully saturated rings. The number of nitrogens with one attached hydrogen (secondary N) is 7. The smallest absolute Gasteiger partial charge is 0.317 e. The maximum Gasteiger partial charge on any atom is 0.317 e. The summed E-state index contributed by atoms with van der Waals surface area (Å²) in [6, 6.07) is 27.4. The first-order chi connectivity index (χ1) is 23.9. The third kappa shape index (κ3) is 8.85. The number of carbonyl (C=O) groups excluding carboxylic acids is 2. The van der Waals surface area contributed by atoms with Crippen molar-refractivity contribution in [1.29, 1.82) is 0 Å². The second kappa shape index (κ2) is 15.4. The minimum Gasteiger partial charge on any atom is -0.473 e. The number of hydrogen-bond donors (Lipinski definition) is 7. The van der Waals surface area contributed by atoms with E-state index in [2.05, 4.69) is 31.0 Å². The van der Waals surface area contributed by atoms with Gasteiger partial charge in [-0.2, -0.15) is 8.78 Å². The van der Waals surface area contributed by atoms with Crippen molar-refractivity contribution in [2.75, 3.05) is 32.3 Å². The molecule has 260 valence electrons. The van der Waals surface area contributed by atoms with Crippen molar-refractivity contribution in [2.45, 2.75) is 16.2 Å². The molecular weight excluding hydrogens is 697 g/mol. The monoisotopic (exact) mass is 725 g/mol. The lowest BCUT2D eigenvalue weighted by atomic mass is 10.1. The first-order valence-corrected chi connectivity index (χ1v) is 17.5. The molecule has 5 aromatic rings. The minimum absolute atomic E-state index is 0.0140. The van der Waals surface area contributed by atoms with Crippen molar-refractivity contribution >= 4 is 71.6 Å². The molecule has 0 aliphatic heterocycles. The summed E-state index contributed by atoms with van der Waals surface area (Å²) in [5.41, 5.74) is 10.9. The van der Waals surface area contributed by atoms with Crippen molar-refractivity contribution in [3.63, 3.8) is 0 Å². The Bertz CT molecular complexity index is 2210. The zero-order valence-corrected chi connectivity index (χ0v) is 27.3. The number of sulfonamides is 2. The van der Waals surface area contributed by atoms with E-state index in [1.807, 2.05) is 5.43 Å². The van der Waals surface area contributed by atoms with Gasteiger partial charge < -0.3 is 10.1 Å². The molecule has 0 aliphatic carbocycles. The number of fused-ring (bicyclic) bond motifs is 1. The fraction of sp³-hybridized carbons (Fsp3) is 0.0625. The summed E-state index contributed by atoms with van der Waals surface area (Å²) in [7, 11) is -8.07. The maximum absolute atomic E-state index is 13.4. The highest BCUT2D eigenvalue weighted by Crippen LogP contribution is 2.31. The zero-order chi connectivity index (χ0) is 35.7. The predicted molar refractivity (Wildman–Crippen MR) is 185 cm³/mol. The number of alkyl halides is 2. The fourth-order valence-electron chi connectivity index (χ4n) is 4.56. The van der Waals surface area contributed by atoms with Gasteiger partial charge in [-0.1, -0.05) is 30.3 Å². The van der Waals surface area contributed by atoms with Gasteiger partial charge >= 0.3 is 12.3 Å². The Labute approximate surface area is 285 Å². The first kappa shape index (κ1) is 35.2. The standard InChI is InChI=1S/C32H29F2N7O7S2/c33-31(34)32(43)39-38-22-10-14-24(15-11-22)41-50(46,47)30-17-16-29(27-6-1-2-7-28(27)30)35-20-48-25-4-3-5-26(18-25)49(44,45)40-23-12-8-21(9-13-23)37-36-19-42/h1-19,31,35,37-38,40-41H,20H2,(H,36,42)(H,39,43). The van der Waals surface area contributed by atoms with Crippen molar-refractivity contribution in [1.82, 2.24) is 10.9 Å². The van der Waals surface area contributed by atoms with E-state index in [1.165, 1.54) is 60.7 Å². The number of benzene rings is 5. The number of hydrogen-bond acceptors (Lipinski definition) is 10. The molecule has 0 unspecified atom stereocenters. The van der Waals surface area contributed by atoms with Gasteiger partial charge in [0, 0.05) is 33.9 Å². The molecule has 0 spiro atoms. The molecular formula is C32H29F2N7O7S2. The SMILES string of the molecule is O=CNNc1ccc(NS(=O)(=O)c2cccc(OCNc3ccc(S(=O)(=O)Nc4ccc(NNC(=O)C(F)F)cc4)c4ccccc34)c2)cc1. The molecule has 0 heterocycles. The highest BCUT2D eigenvalue weighted by atomic mass is 32.2. The molecule has 0 bridgehead atoms. The van der Waals surface area contributed by atoms with Crippen molar-refractivity contribution < 1.29 is 39.9 Å². The van der Waals surface area contributed by atoms with E-state index in [0.717, 1.165) is 0 Å². The lowest BCUT2D eigenvalue weighted by Crippen LogP contribution is -2.34. The second-order valence-electron chi connectivity index (χ2n) is 10.3. The van der Waals surface area contributed by atoms with Gasteiger partial charge in [-0.25, -0.2) is 16.8 Å². The number of rotatable bonds is 16. The molecule has 0 aliphatic rings. The van der Waals surface area contributed by atoms with E-state index >= 15 is 0 Å². The Morgan fingerprint density at radius 3 is 1.94 bits per heavy atom. The number of ether oxygens (including phenoxy) is 1. The zero-order valence-electron chi connectivity index (χ0n) is 25.7. The Balaban J connectivity index is 1.23. The molecule has 0 radical (unpaired) electrons. The Hall–Kier alpha value is -6.14. The fourth-order valence-corrected chi connectivity index (χ4v) is 6.92. The van der Waals surface area contributed by atoms with Gasteiger partial charge in [0.05, 0.1) is 21.2 Å². The summed E-state index contributed by atoms with van der Waals surface area (Å²) in [6.07, 6.45) is -2.73. The maximum atomic E-state index is 13.4. The third-order valence-corrected chi connectivity index (χ3v) is 9.69. The highest BCUT2D eigenvalue weighted by molar-refractivity contribution is 7.93. The van der Waals surface area contributed by atoms with Crippen LogP contribution >= 0.6 is 0 Å². The molecule has 5 aromatic carbocycles. The van der Waals surface area contributed by atoms with Gasteiger partial charge in [-0.3, -0.25) is 40.7 Å². The average molecular weight is 726 g/mol. The van der Waals surface area contributed by atoms with Gasteiger partial charge in [0.2, 0.25) is 6.41 Å². The largest absolute Gasteiger partial charge is 0.473 e. The summed E-state index contributed by atoms with van der Waals surface area (Å²) >= 11 is 0. The van der Waals surface area contributed by atoms with Gasteiger partial charge in [-0.15, -0.1) is 0 Å². The third-order valence-electron chi connectivity index (χ3n) is 6.87. The molecule has 0 atom stereocenters. The summed E-state index contributed by atoms with van der Waals surface area (Å²) in [4.78, 5) is 21.4. The molecule has 5 rings (SSSR count). The number of amides is 2. The first-order valence-electron chi connectivity index (χ1n) is 14.5. The van der Waals surface area contributed by atoms with Crippen LogP contribution in [0.4, 0.5) is 37.2 Å². The van der Waals surface area contributed by atoms with Crippen LogP contribution in [0.5, 0.6) is 5.75 Å². The molecule has 0 saturated heterocycles.